The van der Waals surface area contributed by atoms with Crippen LogP contribution in [0, 0.1) is 0 Å². The predicted molar refractivity (Wildman–Crippen MR) is 73.1 cm³/mol. The molecule has 2 rings (SSSR count). The molecular weight excluding hydrogens is 319 g/mol. The van der Waals surface area contributed by atoms with Gasteiger partial charge in [-0.1, -0.05) is 18.2 Å². The first kappa shape index (κ1) is 16.3. The zero-order chi connectivity index (χ0) is 16.2. The van der Waals surface area contributed by atoms with Crippen molar-refractivity contribution in [3.05, 3.63) is 54.2 Å². The fourth-order valence-electron chi connectivity index (χ4n) is 1.67. The van der Waals surface area contributed by atoms with Gasteiger partial charge in [0.1, 0.15) is 5.75 Å². The Kier molecular flexibility index (Phi) is 4.70. The summed E-state index contributed by atoms with van der Waals surface area (Å²) in [4.78, 5) is 3.78. The monoisotopic (exact) mass is 331 g/mol. The van der Waals surface area contributed by atoms with Gasteiger partial charge in [-0.15, -0.1) is 0 Å². The van der Waals surface area contributed by atoms with Crippen molar-refractivity contribution in [3.63, 3.8) is 0 Å². The minimum atomic E-state index is -4.42. The number of hydrogen-bond acceptors (Lipinski definition) is 4. The number of ether oxygens (including phenoxy) is 1. The van der Waals surface area contributed by atoms with Crippen molar-refractivity contribution in [2.24, 2.45) is 0 Å². The summed E-state index contributed by atoms with van der Waals surface area (Å²) in [6, 6.07) is 9.97. The number of benzene rings is 1. The van der Waals surface area contributed by atoms with E-state index in [9.17, 15) is 21.6 Å². The minimum absolute atomic E-state index is 0.0244. The van der Waals surface area contributed by atoms with Crippen LogP contribution in [0.4, 0.5) is 13.2 Å². The van der Waals surface area contributed by atoms with Crippen molar-refractivity contribution in [2.75, 3.05) is 6.61 Å². The smallest absolute Gasteiger partial charge is 0.422 e. The first-order valence-corrected chi connectivity index (χ1v) is 7.84. The van der Waals surface area contributed by atoms with E-state index in [2.05, 4.69) is 9.72 Å². The summed E-state index contributed by atoms with van der Waals surface area (Å²) in [5, 5.41) is -0.0487. The Morgan fingerprint density at radius 3 is 2.27 bits per heavy atom. The lowest BCUT2D eigenvalue weighted by Gasteiger charge is -2.09. The molecule has 0 bridgehead atoms. The van der Waals surface area contributed by atoms with E-state index in [1.165, 1.54) is 36.5 Å². The lowest BCUT2D eigenvalue weighted by Crippen LogP contribution is -2.19. The molecular formula is C14H12F3NO3S. The predicted octanol–water partition coefficient (Wildman–Crippen LogP) is 3.00. The molecule has 0 N–H and O–H groups in total. The van der Waals surface area contributed by atoms with Gasteiger partial charge in [-0.05, 0) is 29.8 Å². The molecule has 0 saturated heterocycles. The van der Waals surface area contributed by atoms with E-state index in [1.54, 1.807) is 12.1 Å². The van der Waals surface area contributed by atoms with E-state index < -0.39 is 22.6 Å². The molecule has 2 aromatic rings. The van der Waals surface area contributed by atoms with E-state index in [-0.39, 0.29) is 16.5 Å². The zero-order valence-electron chi connectivity index (χ0n) is 11.2. The Bertz CT molecular complexity index is 713. The third-order valence-corrected chi connectivity index (χ3v) is 4.23. The summed E-state index contributed by atoms with van der Waals surface area (Å²) < 4.78 is 64.8. The van der Waals surface area contributed by atoms with Gasteiger partial charge < -0.3 is 4.74 Å². The SMILES string of the molecule is O=S(=O)(Cc1ccc(OCC(F)(F)F)cc1)c1ccccn1. The molecule has 1 aromatic heterocycles. The minimum Gasteiger partial charge on any atom is -0.484 e. The van der Waals surface area contributed by atoms with Crippen LogP contribution in [0.15, 0.2) is 53.7 Å². The number of sulfone groups is 1. The maximum absolute atomic E-state index is 12.1. The van der Waals surface area contributed by atoms with Gasteiger partial charge in [0.25, 0.3) is 0 Å². The second-order valence-corrected chi connectivity index (χ2v) is 6.41. The molecule has 0 atom stereocenters. The first-order valence-electron chi connectivity index (χ1n) is 6.18. The van der Waals surface area contributed by atoms with E-state index in [0.717, 1.165) is 0 Å². The van der Waals surface area contributed by atoms with Gasteiger partial charge in [-0.2, -0.15) is 13.2 Å². The summed E-state index contributed by atoms with van der Waals surface area (Å²) >= 11 is 0. The molecule has 0 unspecified atom stereocenters. The molecule has 0 aliphatic rings. The maximum atomic E-state index is 12.1. The molecule has 22 heavy (non-hydrogen) atoms. The first-order chi connectivity index (χ1) is 10.3. The molecule has 0 aliphatic carbocycles. The highest BCUT2D eigenvalue weighted by Gasteiger charge is 2.28. The van der Waals surface area contributed by atoms with Gasteiger partial charge >= 0.3 is 6.18 Å². The highest BCUT2D eigenvalue weighted by Crippen LogP contribution is 2.20. The Morgan fingerprint density at radius 2 is 1.73 bits per heavy atom. The normalized spacial score (nSPS) is 12.1. The molecule has 4 nitrogen and oxygen atoms in total. The number of alkyl halides is 3. The number of aromatic nitrogens is 1. The van der Waals surface area contributed by atoms with Crippen LogP contribution < -0.4 is 4.74 Å². The largest absolute Gasteiger partial charge is 0.484 e. The fourth-order valence-corrected chi connectivity index (χ4v) is 2.96. The van der Waals surface area contributed by atoms with Gasteiger partial charge in [-0.3, -0.25) is 0 Å². The summed E-state index contributed by atoms with van der Waals surface area (Å²) in [6.07, 6.45) is -3.04. The lowest BCUT2D eigenvalue weighted by molar-refractivity contribution is -0.153. The van der Waals surface area contributed by atoms with Crippen LogP contribution in [0.1, 0.15) is 5.56 Å². The molecule has 118 valence electrons. The van der Waals surface area contributed by atoms with Crippen LogP contribution in [0.5, 0.6) is 5.75 Å². The second kappa shape index (κ2) is 6.35. The van der Waals surface area contributed by atoms with Gasteiger partial charge in [0.05, 0.1) is 5.75 Å². The molecule has 0 radical (unpaired) electrons. The van der Waals surface area contributed by atoms with Crippen molar-refractivity contribution >= 4 is 9.84 Å². The van der Waals surface area contributed by atoms with Crippen molar-refractivity contribution in [2.45, 2.75) is 17.0 Å². The summed E-state index contributed by atoms with van der Waals surface area (Å²) in [6.45, 7) is -1.39. The Hall–Kier alpha value is -2.09. The van der Waals surface area contributed by atoms with Crippen molar-refractivity contribution in [1.29, 1.82) is 0 Å². The van der Waals surface area contributed by atoms with Gasteiger partial charge in [-0.25, -0.2) is 13.4 Å². The number of nitrogens with zero attached hydrogens (tertiary/aromatic N) is 1. The standard InChI is InChI=1S/C14H12F3NO3S/c15-14(16,17)10-21-12-6-4-11(5-7-12)9-22(19,20)13-3-1-2-8-18-13/h1-8H,9-10H2. The van der Waals surface area contributed by atoms with Gasteiger partial charge in [0.2, 0.25) is 0 Å². The average Bonchev–Trinajstić information content (AvgIpc) is 2.46. The third kappa shape index (κ3) is 4.73. The Balaban J connectivity index is 2.05. The van der Waals surface area contributed by atoms with Crippen LogP contribution in [0.25, 0.3) is 0 Å². The summed E-state index contributed by atoms with van der Waals surface area (Å²) in [5.74, 6) is -0.264. The van der Waals surface area contributed by atoms with E-state index in [0.29, 0.717) is 5.56 Å². The summed E-state index contributed by atoms with van der Waals surface area (Å²) in [5.41, 5.74) is 0.435. The van der Waals surface area contributed by atoms with E-state index in [4.69, 9.17) is 0 Å². The third-order valence-electron chi connectivity index (χ3n) is 2.64. The molecule has 1 aromatic carbocycles. The molecule has 0 spiro atoms. The Labute approximate surface area is 125 Å². The summed E-state index contributed by atoms with van der Waals surface area (Å²) in [7, 11) is -3.59. The highest BCUT2D eigenvalue weighted by molar-refractivity contribution is 7.90. The van der Waals surface area contributed by atoms with Crippen LogP contribution in [0.2, 0.25) is 0 Å². The van der Waals surface area contributed by atoms with Crippen molar-refractivity contribution in [1.82, 2.24) is 4.98 Å². The quantitative estimate of drug-likeness (QED) is 0.845. The van der Waals surface area contributed by atoms with Gasteiger partial charge in [0.15, 0.2) is 21.5 Å². The van der Waals surface area contributed by atoms with Crippen LogP contribution >= 0.6 is 0 Å². The van der Waals surface area contributed by atoms with E-state index >= 15 is 0 Å². The number of rotatable bonds is 5. The zero-order valence-corrected chi connectivity index (χ0v) is 12.1. The second-order valence-electron chi connectivity index (χ2n) is 4.47. The number of pyridine rings is 1. The molecule has 0 amide bonds. The highest BCUT2D eigenvalue weighted by atomic mass is 32.2. The fraction of sp³-hybridized carbons (Fsp3) is 0.214. The average molecular weight is 331 g/mol. The molecule has 8 heteroatoms. The van der Waals surface area contributed by atoms with Gasteiger partial charge in [0, 0.05) is 6.20 Å². The van der Waals surface area contributed by atoms with Crippen LogP contribution in [-0.4, -0.2) is 26.2 Å². The van der Waals surface area contributed by atoms with Crippen LogP contribution in [0.3, 0.4) is 0 Å². The molecule has 1 heterocycles. The Morgan fingerprint density at radius 1 is 1.05 bits per heavy atom. The number of halogens is 3. The van der Waals surface area contributed by atoms with Crippen molar-refractivity contribution < 1.29 is 26.3 Å². The molecule has 0 saturated carbocycles. The molecule has 0 fully saturated rings. The molecule has 0 aliphatic heterocycles. The maximum Gasteiger partial charge on any atom is 0.422 e. The lowest BCUT2D eigenvalue weighted by atomic mass is 10.2. The topological polar surface area (TPSA) is 56.3 Å². The van der Waals surface area contributed by atoms with Crippen molar-refractivity contribution in [3.8, 4) is 5.75 Å². The number of hydrogen-bond donors (Lipinski definition) is 0. The van der Waals surface area contributed by atoms with Crippen LogP contribution in [-0.2, 0) is 15.6 Å². The van der Waals surface area contributed by atoms with E-state index in [1.807, 2.05) is 0 Å².